The highest BCUT2D eigenvalue weighted by atomic mass is 32.1. The van der Waals surface area contributed by atoms with Gasteiger partial charge in [0.25, 0.3) is 0 Å². The highest BCUT2D eigenvalue weighted by molar-refractivity contribution is 7.13. The van der Waals surface area contributed by atoms with Crippen molar-refractivity contribution in [3.05, 3.63) is 41.2 Å². The molecule has 0 radical (unpaired) electrons. The molecule has 1 fully saturated rings. The fourth-order valence-electron chi connectivity index (χ4n) is 2.67. The number of hydrogen-bond acceptors (Lipinski definition) is 4. The van der Waals surface area contributed by atoms with E-state index in [-0.39, 0.29) is 30.3 Å². The highest BCUT2D eigenvalue weighted by Crippen LogP contribution is 2.24. The second-order valence-corrected chi connectivity index (χ2v) is 6.59. The fourth-order valence-corrected chi connectivity index (χ4v) is 3.50. The Hall–Kier alpha value is -1.79. The minimum absolute atomic E-state index is 0.0141. The van der Waals surface area contributed by atoms with Gasteiger partial charge in [0, 0.05) is 17.6 Å². The van der Waals surface area contributed by atoms with Crippen molar-refractivity contribution in [1.82, 2.24) is 10.3 Å². The summed E-state index contributed by atoms with van der Waals surface area (Å²) < 4.78 is 18.5. The molecule has 23 heavy (non-hydrogen) atoms. The SMILES string of the molecule is C[C@H](NC(=O)Cc1csc(-c2ccc(F)cc2)n1)[C@@H]1CCCO1. The third-order valence-corrected chi connectivity index (χ3v) is 4.84. The van der Waals surface area contributed by atoms with Crippen LogP contribution in [0.25, 0.3) is 10.6 Å². The van der Waals surface area contributed by atoms with Gasteiger partial charge in [0.1, 0.15) is 10.8 Å². The van der Waals surface area contributed by atoms with E-state index in [0.717, 1.165) is 35.7 Å². The van der Waals surface area contributed by atoms with Gasteiger partial charge < -0.3 is 10.1 Å². The van der Waals surface area contributed by atoms with E-state index in [4.69, 9.17) is 4.74 Å². The van der Waals surface area contributed by atoms with Gasteiger partial charge >= 0.3 is 0 Å². The predicted molar refractivity (Wildman–Crippen MR) is 87.8 cm³/mol. The molecule has 6 heteroatoms. The minimum atomic E-state index is -0.270. The molecule has 0 spiro atoms. The minimum Gasteiger partial charge on any atom is -0.376 e. The second-order valence-electron chi connectivity index (χ2n) is 5.74. The molecule has 0 unspecified atom stereocenters. The molecule has 1 saturated heterocycles. The monoisotopic (exact) mass is 334 g/mol. The summed E-state index contributed by atoms with van der Waals surface area (Å²) in [5.74, 6) is -0.322. The van der Waals surface area contributed by atoms with E-state index in [1.54, 1.807) is 12.1 Å². The van der Waals surface area contributed by atoms with Gasteiger partial charge in [-0.25, -0.2) is 9.37 Å². The highest BCUT2D eigenvalue weighted by Gasteiger charge is 2.23. The number of carbonyl (C=O) groups excluding carboxylic acids is 1. The molecule has 122 valence electrons. The van der Waals surface area contributed by atoms with Crippen LogP contribution in [0.4, 0.5) is 4.39 Å². The summed E-state index contributed by atoms with van der Waals surface area (Å²) in [6.07, 6.45) is 2.41. The number of benzene rings is 1. The van der Waals surface area contributed by atoms with Gasteiger partial charge in [0.15, 0.2) is 0 Å². The number of ether oxygens (including phenoxy) is 1. The quantitative estimate of drug-likeness (QED) is 0.914. The van der Waals surface area contributed by atoms with Crippen molar-refractivity contribution in [1.29, 1.82) is 0 Å². The molecule has 1 aromatic heterocycles. The normalized spacial score (nSPS) is 18.8. The Labute approximate surface area is 138 Å². The van der Waals surface area contributed by atoms with Crippen LogP contribution in [0.3, 0.4) is 0 Å². The van der Waals surface area contributed by atoms with Gasteiger partial charge in [0.05, 0.1) is 24.3 Å². The lowest BCUT2D eigenvalue weighted by Gasteiger charge is -2.19. The average Bonchev–Trinajstić information content (AvgIpc) is 3.19. The topological polar surface area (TPSA) is 51.2 Å². The standard InChI is InChI=1S/C17H19FN2O2S/c1-11(15-3-2-8-22-15)19-16(21)9-14-10-23-17(20-14)12-4-6-13(18)7-5-12/h4-7,10-11,15H,2-3,8-9H2,1H3,(H,19,21)/t11-,15-/m0/s1. The molecule has 0 bridgehead atoms. The first-order valence-corrected chi connectivity index (χ1v) is 8.61. The van der Waals surface area contributed by atoms with Gasteiger partial charge in [-0.15, -0.1) is 11.3 Å². The first-order valence-electron chi connectivity index (χ1n) is 7.73. The molecule has 1 aliphatic heterocycles. The summed E-state index contributed by atoms with van der Waals surface area (Å²) in [6.45, 7) is 2.75. The Morgan fingerprint density at radius 3 is 2.96 bits per heavy atom. The predicted octanol–water partition coefficient (Wildman–Crippen LogP) is 3.18. The fraction of sp³-hybridized carbons (Fsp3) is 0.412. The molecule has 2 aromatic rings. The van der Waals surface area contributed by atoms with Crippen molar-refractivity contribution >= 4 is 17.2 Å². The Balaban J connectivity index is 1.57. The lowest BCUT2D eigenvalue weighted by molar-refractivity contribution is -0.121. The maximum absolute atomic E-state index is 12.9. The van der Waals surface area contributed by atoms with Crippen molar-refractivity contribution in [3.63, 3.8) is 0 Å². The van der Waals surface area contributed by atoms with E-state index in [2.05, 4.69) is 10.3 Å². The van der Waals surface area contributed by atoms with E-state index in [0.29, 0.717) is 0 Å². The maximum atomic E-state index is 12.9. The zero-order chi connectivity index (χ0) is 16.2. The number of thiazole rings is 1. The average molecular weight is 334 g/mol. The molecule has 3 rings (SSSR count). The van der Waals surface area contributed by atoms with E-state index >= 15 is 0 Å². The lowest BCUT2D eigenvalue weighted by atomic mass is 10.1. The number of amides is 1. The summed E-state index contributed by atoms with van der Waals surface area (Å²) in [7, 11) is 0. The van der Waals surface area contributed by atoms with E-state index < -0.39 is 0 Å². The van der Waals surface area contributed by atoms with Crippen LogP contribution in [0.2, 0.25) is 0 Å². The molecule has 1 aliphatic rings. The molecule has 0 saturated carbocycles. The van der Waals surface area contributed by atoms with Crippen molar-refractivity contribution < 1.29 is 13.9 Å². The maximum Gasteiger partial charge on any atom is 0.226 e. The number of hydrogen-bond donors (Lipinski definition) is 1. The van der Waals surface area contributed by atoms with Gasteiger partial charge in [-0.05, 0) is 44.0 Å². The first kappa shape index (κ1) is 16.1. The Kier molecular flexibility index (Phi) is 5.03. The van der Waals surface area contributed by atoms with Crippen molar-refractivity contribution in [2.75, 3.05) is 6.61 Å². The number of nitrogens with zero attached hydrogens (tertiary/aromatic N) is 1. The smallest absolute Gasteiger partial charge is 0.226 e. The molecular weight excluding hydrogens is 315 g/mol. The van der Waals surface area contributed by atoms with Crippen LogP contribution in [0.1, 0.15) is 25.5 Å². The molecule has 1 aromatic carbocycles. The third-order valence-electron chi connectivity index (χ3n) is 3.90. The molecule has 1 amide bonds. The molecule has 2 heterocycles. The first-order chi connectivity index (χ1) is 11.1. The number of nitrogens with one attached hydrogen (secondary N) is 1. The number of carbonyl (C=O) groups is 1. The van der Waals surface area contributed by atoms with Crippen molar-refractivity contribution in [2.45, 2.75) is 38.3 Å². The zero-order valence-corrected chi connectivity index (χ0v) is 13.7. The van der Waals surface area contributed by atoms with Gasteiger partial charge in [-0.3, -0.25) is 4.79 Å². The lowest BCUT2D eigenvalue weighted by Crippen LogP contribution is -2.41. The van der Waals surface area contributed by atoms with E-state index in [9.17, 15) is 9.18 Å². The van der Waals surface area contributed by atoms with Gasteiger partial charge in [-0.2, -0.15) is 0 Å². The third kappa shape index (κ3) is 4.14. The molecular formula is C17H19FN2O2S. The molecule has 0 aliphatic carbocycles. The number of rotatable bonds is 5. The Morgan fingerprint density at radius 2 is 2.26 bits per heavy atom. The summed E-state index contributed by atoms with van der Waals surface area (Å²) in [6, 6.07) is 6.22. The summed E-state index contributed by atoms with van der Waals surface area (Å²) in [4.78, 5) is 16.6. The van der Waals surface area contributed by atoms with Crippen LogP contribution in [-0.4, -0.2) is 29.6 Å². The van der Waals surface area contributed by atoms with Crippen molar-refractivity contribution in [3.8, 4) is 10.6 Å². The van der Waals surface area contributed by atoms with Crippen molar-refractivity contribution in [2.24, 2.45) is 0 Å². The largest absolute Gasteiger partial charge is 0.376 e. The zero-order valence-electron chi connectivity index (χ0n) is 12.9. The van der Waals surface area contributed by atoms with Crippen LogP contribution >= 0.6 is 11.3 Å². The van der Waals surface area contributed by atoms with Crippen LogP contribution in [-0.2, 0) is 16.0 Å². The molecule has 4 nitrogen and oxygen atoms in total. The second kappa shape index (κ2) is 7.19. The Bertz CT molecular complexity index is 665. The van der Waals surface area contributed by atoms with Crippen LogP contribution < -0.4 is 5.32 Å². The van der Waals surface area contributed by atoms with Gasteiger partial charge in [-0.1, -0.05) is 0 Å². The summed E-state index contributed by atoms with van der Waals surface area (Å²) in [5, 5.41) is 5.64. The summed E-state index contributed by atoms with van der Waals surface area (Å²) in [5.41, 5.74) is 1.59. The summed E-state index contributed by atoms with van der Waals surface area (Å²) >= 11 is 1.46. The van der Waals surface area contributed by atoms with E-state index in [1.165, 1.54) is 23.5 Å². The molecule has 1 N–H and O–H groups in total. The number of halogens is 1. The van der Waals surface area contributed by atoms with Crippen LogP contribution in [0.5, 0.6) is 0 Å². The Morgan fingerprint density at radius 1 is 1.48 bits per heavy atom. The number of aromatic nitrogens is 1. The van der Waals surface area contributed by atoms with E-state index in [1.807, 2.05) is 12.3 Å². The van der Waals surface area contributed by atoms with Gasteiger partial charge in [0.2, 0.25) is 5.91 Å². The van der Waals surface area contributed by atoms with Crippen LogP contribution in [0, 0.1) is 5.82 Å². The molecule has 2 atom stereocenters. The van der Waals surface area contributed by atoms with Crippen LogP contribution in [0.15, 0.2) is 29.6 Å².